The fraction of sp³-hybridized carbons (Fsp3) is 0.294. The lowest BCUT2D eigenvalue weighted by atomic mass is 10.2. The Bertz CT molecular complexity index is 750. The van der Waals surface area contributed by atoms with Gasteiger partial charge in [-0.15, -0.1) is 11.8 Å². The first kappa shape index (κ1) is 17.9. The van der Waals surface area contributed by atoms with Crippen LogP contribution >= 0.6 is 11.8 Å². The molecule has 24 heavy (non-hydrogen) atoms. The molecular formula is C17H18O6S. The summed E-state index contributed by atoms with van der Waals surface area (Å²) in [5, 5.41) is 0. The Balaban J connectivity index is 2.10. The molecule has 0 aliphatic carbocycles. The van der Waals surface area contributed by atoms with Crippen LogP contribution in [0.5, 0.6) is 5.75 Å². The van der Waals surface area contributed by atoms with Gasteiger partial charge in [-0.25, -0.2) is 9.59 Å². The molecule has 0 N–H and O–H groups in total. The Labute approximate surface area is 144 Å². The molecule has 128 valence electrons. The van der Waals surface area contributed by atoms with Crippen molar-refractivity contribution in [3.8, 4) is 5.75 Å². The first-order chi connectivity index (χ1) is 11.5. The molecule has 6 nitrogen and oxygen atoms in total. The summed E-state index contributed by atoms with van der Waals surface area (Å²) in [6.45, 7) is 1.55. The van der Waals surface area contributed by atoms with Crippen molar-refractivity contribution in [2.24, 2.45) is 0 Å². The van der Waals surface area contributed by atoms with Crippen LogP contribution in [0.15, 0.2) is 33.6 Å². The van der Waals surface area contributed by atoms with Crippen LogP contribution < -0.4 is 4.74 Å². The number of benzene rings is 1. The molecule has 1 aromatic carbocycles. The highest BCUT2D eigenvalue weighted by atomic mass is 32.2. The van der Waals surface area contributed by atoms with Crippen molar-refractivity contribution < 1.29 is 28.2 Å². The quantitative estimate of drug-likeness (QED) is 0.583. The second kappa shape index (κ2) is 7.92. The van der Waals surface area contributed by atoms with Gasteiger partial charge in [0.05, 0.1) is 14.2 Å². The molecule has 7 heteroatoms. The summed E-state index contributed by atoms with van der Waals surface area (Å²) in [6.07, 6.45) is 1.94. The summed E-state index contributed by atoms with van der Waals surface area (Å²) in [5.74, 6) is 0.185. The molecule has 0 atom stereocenters. The summed E-state index contributed by atoms with van der Waals surface area (Å²) in [5.41, 5.74) is 0.636. The zero-order valence-electron chi connectivity index (χ0n) is 13.9. The minimum Gasteiger partial charge on any atom is -0.496 e. The van der Waals surface area contributed by atoms with Crippen LogP contribution in [-0.4, -0.2) is 32.4 Å². The molecule has 0 saturated carbocycles. The largest absolute Gasteiger partial charge is 0.496 e. The van der Waals surface area contributed by atoms with E-state index >= 15 is 0 Å². The van der Waals surface area contributed by atoms with E-state index in [-0.39, 0.29) is 6.61 Å². The molecule has 0 amide bonds. The van der Waals surface area contributed by atoms with Crippen LogP contribution in [0.1, 0.15) is 32.2 Å². The molecule has 2 rings (SSSR count). The molecule has 1 aromatic heterocycles. The van der Waals surface area contributed by atoms with Gasteiger partial charge < -0.3 is 18.6 Å². The van der Waals surface area contributed by atoms with Crippen LogP contribution in [0.4, 0.5) is 0 Å². The number of thioether (sulfide) groups is 1. The van der Waals surface area contributed by atoms with Crippen molar-refractivity contribution in [1.29, 1.82) is 0 Å². The summed E-state index contributed by atoms with van der Waals surface area (Å²) >= 11 is 1.55. The molecule has 0 spiro atoms. The van der Waals surface area contributed by atoms with E-state index in [0.29, 0.717) is 28.4 Å². The molecule has 2 aromatic rings. The van der Waals surface area contributed by atoms with Gasteiger partial charge in [0, 0.05) is 4.90 Å². The number of esters is 2. The number of hydrogen-bond acceptors (Lipinski definition) is 7. The van der Waals surface area contributed by atoms with Crippen molar-refractivity contribution in [1.82, 2.24) is 0 Å². The number of furan rings is 1. The van der Waals surface area contributed by atoms with Crippen molar-refractivity contribution in [2.75, 3.05) is 20.5 Å². The average Bonchev–Trinajstić information content (AvgIpc) is 2.99. The molecule has 0 radical (unpaired) electrons. The third-order valence-electron chi connectivity index (χ3n) is 3.35. The maximum atomic E-state index is 12.2. The number of carbonyl (C=O) groups is 2. The van der Waals surface area contributed by atoms with Crippen LogP contribution in [0, 0.1) is 6.92 Å². The van der Waals surface area contributed by atoms with Gasteiger partial charge in [0.2, 0.25) is 0 Å². The topological polar surface area (TPSA) is 75.0 Å². The van der Waals surface area contributed by atoms with Crippen molar-refractivity contribution in [2.45, 2.75) is 18.4 Å². The maximum Gasteiger partial charge on any atom is 0.342 e. The first-order valence-corrected chi connectivity index (χ1v) is 8.29. The Morgan fingerprint density at radius 3 is 2.50 bits per heavy atom. The fourth-order valence-electron chi connectivity index (χ4n) is 2.11. The van der Waals surface area contributed by atoms with Crippen LogP contribution in [0.3, 0.4) is 0 Å². The van der Waals surface area contributed by atoms with Crippen molar-refractivity contribution in [3.05, 3.63) is 46.9 Å². The SMILES string of the molecule is COC(=O)c1cc(COC(=O)c2ccc(SC)cc2OC)oc1C. The summed E-state index contributed by atoms with van der Waals surface area (Å²) in [7, 11) is 2.79. The highest BCUT2D eigenvalue weighted by Crippen LogP contribution is 2.26. The number of methoxy groups -OCH3 is 2. The molecule has 0 unspecified atom stereocenters. The molecule has 0 saturated heterocycles. The van der Waals surface area contributed by atoms with E-state index in [0.717, 1.165) is 4.90 Å². The van der Waals surface area contributed by atoms with Gasteiger partial charge in [0.15, 0.2) is 0 Å². The predicted molar refractivity (Wildman–Crippen MR) is 88.7 cm³/mol. The first-order valence-electron chi connectivity index (χ1n) is 7.07. The van der Waals surface area contributed by atoms with Crippen molar-refractivity contribution in [3.63, 3.8) is 0 Å². The zero-order valence-corrected chi connectivity index (χ0v) is 14.7. The Hall–Kier alpha value is -2.41. The minimum absolute atomic E-state index is 0.0932. The number of ether oxygens (including phenoxy) is 3. The lowest BCUT2D eigenvalue weighted by molar-refractivity contribution is 0.0440. The lowest BCUT2D eigenvalue weighted by Gasteiger charge is -2.09. The number of hydrogen-bond donors (Lipinski definition) is 0. The van der Waals surface area contributed by atoms with Crippen LogP contribution in [0.25, 0.3) is 0 Å². The van der Waals surface area contributed by atoms with Crippen LogP contribution in [-0.2, 0) is 16.1 Å². The molecule has 0 aliphatic heterocycles. The number of rotatable bonds is 6. The van der Waals surface area contributed by atoms with Gasteiger partial charge >= 0.3 is 11.9 Å². The normalized spacial score (nSPS) is 10.3. The van der Waals surface area contributed by atoms with E-state index in [9.17, 15) is 9.59 Å². The number of aryl methyl sites for hydroxylation is 1. The average molecular weight is 350 g/mol. The summed E-state index contributed by atoms with van der Waals surface area (Å²) in [6, 6.07) is 6.74. The van der Waals surface area contributed by atoms with Gasteiger partial charge in [-0.05, 0) is 37.4 Å². The highest BCUT2D eigenvalue weighted by molar-refractivity contribution is 7.98. The molecule has 0 bridgehead atoms. The summed E-state index contributed by atoms with van der Waals surface area (Å²) in [4.78, 5) is 24.8. The van der Waals surface area contributed by atoms with Gasteiger partial charge in [-0.1, -0.05) is 0 Å². The Morgan fingerprint density at radius 1 is 1.12 bits per heavy atom. The third kappa shape index (κ3) is 3.91. The predicted octanol–water partition coefficient (Wildman–Crippen LogP) is 3.46. The minimum atomic E-state index is -0.534. The molecule has 0 fully saturated rings. The van der Waals surface area contributed by atoms with E-state index in [4.69, 9.17) is 13.9 Å². The zero-order chi connectivity index (χ0) is 17.7. The number of carbonyl (C=O) groups excluding carboxylic acids is 2. The lowest BCUT2D eigenvalue weighted by Crippen LogP contribution is -2.07. The molecule has 0 aliphatic rings. The third-order valence-corrected chi connectivity index (χ3v) is 4.07. The van der Waals surface area contributed by atoms with Gasteiger partial charge in [0.25, 0.3) is 0 Å². The smallest absolute Gasteiger partial charge is 0.342 e. The van der Waals surface area contributed by atoms with E-state index in [1.165, 1.54) is 20.3 Å². The van der Waals surface area contributed by atoms with Crippen molar-refractivity contribution >= 4 is 23.7 Å². The molecular weight excluding hydrogens is 332 g/mol. The Morgan fingerprint density at radius 2 is 1.88 bits per heavy atom. The summed E-state index contributed by atoms with van der Waals surface area (Å²) < 4.78 is 20.5. The fourth-order valence-corrected chi connectivity index (χ4v) is 2.54. The van der Waals surface area contributed by atoms with Gasteiger partial charge in [-0.2, -0.15) is 0 Å². The monoisotopic (exact) mass is 350 g/mol. The standard InChI is InChI=1S/C17H18O6S/c1-10-14(16(18)21-3)7-11(23-10)9-22-17(19)13-6-5-12(24-4)8-15(13)20-2/h5-8H,9H2,1-4H3. The second-order valence-electron chi connectivity index (χ2n) is 4.82. The highest BCUT2D eigenvalue weighted by Gasteiger charge is 2.18. The van der Waals surface area contributed by atoms with E-state index in [2.05, 4.69) is 4.74 Å². The Kier molecular flexibility index (Phi) is 5.92. The van der Waals surface area contributed by atoms with Gasteiger partial charge in [-0.3, -0.25) is 0 Å². The molecule has 1 heterocycles. The van der Waals surface area contributed by atoms with E-state index < -0.39 is 11.9 Å². The van der Waals surface area contributed by atoms with E-state index in [1.54, 1.807) is 30.8 Å². The van der Waals surface area contributed by atoms with Crippen LogP contribution in [0.2, 0.25) is 0 Å². The second-order valence-corrected chi connectivity index (χ2v) is 5.70. The van der Waals surface area contributed by atoms with E-state index in [1.807, 2.05) is 12.3 Å². The maximum absolute atomic E-state index is 12.2. The van der Waals surface area contributed by atoms with Gasteiger partial charge in [0.1, 0.15) is 35.0 Å².